The monoisotopic (exact) mass is 341 g/mol. The van der Waals surface area contributed by atoms with Crippen molar-refractivity contribution in [3.63, 3.8) is 0 Å². The summed E-state index contributed by atoms with van der Waals surface area (Å²) in [4.78, 5) is 0. The molecule has 0 spiro atoms. The normalized spacial score (nSPS) is 9.87. The molecule has 0 amide bonds. The van der Waals surface area contributed by atoms with E-state index in [1.54, 1.807) is 19.2 Å². The van der Waals surface area contributed by atoms with Gasteiger partial charge in [-0.15, -0.1) is 12.4 Å². The van der Waals surface area contributed by atoms with Crippen molar-refractivity contribution in [2.75, 3.05) is 26.9 Å². The van der Waals surface area contributed by atoms with Crippen molar-refractivity contribution in [3.05, 3.63) is 53.8 Å². The summed E-state index contributed by atoms with van der Waals surface area (Å²) in [6.45, 7) is 1.32. The van der Waals surface area contributed by atoms with Gasteiger partial charge in [0.1, 0.15) is 24.8 Å². The van der Waals surface area contributed by atoms with E-state index in [2.05, 4.69) is 0 Å². The quantitative estimate of drug-likeness (QED) is 0.749. The van der Waals surface area contributed by atoms with E-state index >= 15 is 0 Å². The smallest absolute Gasteiger partial charge is 0.161 e. The molecule has 0 saturated carbocycles. The summed E-state index contributed by atoms with van der Waals surface area (Å²) in [5, 5.41) is 0. The number of hydrogen-bond donors (Lipinski definition) is 1. The molecular formula is C17H21ClFNO3. The second-order valence-corrected chi connectivity index (χ2v) is 4.67. The molecule has 0 saturated heterocycles. The zero-order valence-corrected chi connectivity index (χ0v) is 13.8. The fourth-order valence-electron chi connectivity index (χ4n) is 2.00. The highest BCUT2D eigenvalue weighted by atomic mass is 35.5. The summed E-state index contributed by atoms with van der Waals surface area (Å²) in [5.74, 6) is 1.65. The van der Waals surface area contributed by atoms with Crippen LogP contribution in [0.25, 0.3) is 0 Å². The predicted molar refractivity (Wildman–Crippen MR) is 90.4 cm³/mol. The van der Waals surface area contributed by atoms with Gasteiger partial charge in [-0.25, -0.2) is 4.39 Å². The van der Waals surface area contributed by atoms with Crippen LogP contribution in [0.2, 0.25) is 0 Å². The number of halogens is 2. The van der Waals surface area contributed by atoms with Gasteiger partial charge in [-0.1, -0.05) is 6.07 Å². The van der Waals surface area contributed by atoms with Crippen molar-refractivity contribution in [3.8, 4) is 17.2 Å². The highest BCUT2D eigenvalue weighted by Gasteiger charge is 2.05. The van der Waals surface area contributed by atoms with Gasteiger partial charge in [0.2, 0.25) is 0 Å². The lowest BCUT2D eigenvalue weighted by Crippen LogP contribution is -2.10. The lowest BCUT2D eigenvalue weighted by molar-refractivity contribution is 0.211. The minimum absolute atomic E-state index is 0. The van der Waals surface area contributed by atoms with Crippen LogP contribution in [0, 0.1) is 5.82 Å². The summed E-state index contributed by atoms with van der Waals surface area (Å²) in [6.07, 6.45) is 0.796. The summed E-state index contributed by atoms with van der Waals surface area (Å²) in [7, 11) is 1.60. The second-order valence-electron chi connectivity index (χ2n) is 4.67. The number of methoxy groups -OCH3 is 1. The van der Waals surface area contributed by atoms with Gasteiger partial charge in [-0.3, -0.25) is 0 Å². The average Bonchev–Trinajstić information content (AvgIpc) is 2.54. The summed E-state index contributed by atoms with van der Waals surface area (Å²) < 4.78 is 29.2. The molecule has 0 aromatic heterocycles. The topological polar surface area (TPSA) is 53.7 Å². The number of nitrogens with two attached hydrogens (primary N) is 1. The zero-order valence-electron chi connectivity index (χ0n) is 13.0. The highest BCUT2D eigenvalue weighted by Crippen LogP contribution is 2.28. The first-order valence-electron chi connectivity index (χ1n) is 7.11. The molecule has 2 aromatic rings. The largest absolute Gasteiger partial charge is 0.493 e. The number of benzene rings is 2. The molecule has 2 aromatic carbocycles. The number of rotatable bonds is 8. The van der Waals surface area contributed by atoms with Crippen LogP contribution in [-0.2, 0) is 6.42 Å². The van der Waals surface area contributed by atoms with E-state index in [1.807, 2.05) is 18.2 Å². The molecule has 23 heavy (non-hydrogen) atoms. The molecule has 0 atom stereocenters. The van der Waals surface area contributed by atoms with Crippen LogP contribution in [-0.4, -0.2) is 26.9 Å². The van der Waals surface area contributed by atoms with Crippen molar-refractivity contribution in [1.82, 2.24) is 0 Å². The minimum atomic E-state index is -0.286. The highest BCUT2D eigenvalue weighted by molar-refractivity contribution is 5.85. The molecular weight excluding hydrogens is 321 g/mol. The van der Waals surface area contributed by atoms with Crippen molar-refractivity contribution in [2.24, 2.45) is 5.73 Å². The molecule has 0 unspecified atom stereocenters. The predicted octanol–water partition coefficient (Wildman–Crippen LogP) is 3.22. The van der Waals surface area contributed by atoms with Gasteiger partial charge < -0.3 is 19.9 Å². The molecule has 0 fully saturated rings. The van der Waals surface area contributed by atoms with Gasteiger partial charge in [-0.05, 0) is 54.9 Å². The van der Waals surface area contributed by atoms with Gasteiger partial charge in [0.25, 0.3) is 0 Å². The Kier molecular flexibility index (Phi) is 8.22. The van der Waals surface area contributed by atoms with Crippen molar-refractivity contribution >= 4 is 12.4 Å². The van der Waals surface area contributed by atoms with E-state index in [1.165, 1.54) is 12.1 Å². The number of hydrogen-bond acceptors (Lipinski definition) is 4. The van der Waals surface area contributed by atoms with E-state index in [0.29, 0.717) is 37.0 Å². The summed E-state index contributed by atoms with van der Waals surface area (Å²) >= 11 is 0. The molecule has 0 heterocycles. The third-order valence-electron chi connectivity index (χ3n) is 3.08. The molecule has 6 heteroatoms. The molecule has 2 N–H and O–H groups in total. The van der Waals surface area contributed by atoms with E-state index in [-0.39, 0.29) is 18.2 Å². The molecule has 0 aliphatic rings. The minimum Gasteiger partial charge on any atom is -0.493 e. The molecule has 0 radical (unpaired) electrons. The van der Waals surface area contributed by atoms with Gasteiger partial charge in [0.15, 0.2) is 11.5 Å². The van der Waals surface area contributed by atoms with Gasteiger partial charge in [0, 0.05) is 0 Å². The van der Waals surface area contributed by atoms with Crippen LogP contribution in [0.3, 0.4) is 0 Å². The lowest BCUT2D eigenvalue weighted by Gasteiger charge is -2.12. The van der Waals surface area contributed by atoms with Crippen LogP contribution >= 0.6 is 12.4 Å². The maximum Gasteiger partial charge on any atom is 0.161 e. The molecule has 2 rings (SSSR count). The van der Waals surface area contributed by atoms with Crippen molar-refractivity contribution in [1.29, 1.82) is 0 Å². The lowest BCUT2D eigenvalue weighted by atomic mass is 10.1. The maximum atomic E-state index is 12.8. The van der Waals surface area contributed by atoms with Crippen LogP contribution in [0.5, 0.6) is 17.2 Å². The number of ether oxygens (including phenoxy) is 3. The van der Waals surface area contributed by atoms with E-state index < -0.39 is 0 Å². The molecule has 0 aliphatic carbocycles. The Labute approximate surface area is 141 Å². The Morgan fingerprint density at radius 2 is 1.65 bits per heavy atom. The summed E-state index contributed by atoms with van der Waals surface area (Å²) in [5.41, 5.74) is 6.65. The Balaban J connectivity index is 0.00000264. The third kappa shape index (κ3) is 5.96. The van der Waals surface area contributed by atoms with Gasteiger partial charge in [-0.2, -0.15) is 0 Å². The molecule has 0 bridgehead atoms. The van der Waals surface area contributed by atoms with Crippen LogP contribution < -0.4 is 19.9 Å². The first-order valence-corrected chi connectivity index (χ1v) is 7.11. The first-order chi connectivity index (χ1) is 10.7. The zero-order chi connectivity index (χ0) is 15.8. The standard InChI is InChI=1S/C17H20FNO3.ClH/c1-20-17-12-13(8-9-19)2-7-16(17)22-11-10-21-15-5-3-14(18)4-6-15;/h2-7,12H,8-11,19H2,1H3;1H. The fourth-order valence-corrected chi connectivity index (χ4v) is 2.00. The van der Waals surface area contributed by atoms with Crippen LogP contribution in [0.1, 0.15) is 5.56 Å². The second kappa shape index (κ2) is 9.92. The third-order valence-corrected chi connectivity index (χ3v) is 3.08. The van der Waals surface area contributed by atoms with E-state index in [4.69, 9.17) is 19.9 Å². The van der Waals surface area contributed by atoms with Gasteiger partial charge in [0.05, 0.1) is 7.11 Å². The molecule has 0 aliphatic heterocycles. The van der Waals surface area contributed by atoms with Crippen molar-refractivity contribution < 1.29 is 18.6 Å². The van der Waals surface area contributed by atoms with Crippen LogP contribution in [0.4, 0.5) is 4.39 Å². The van der Waals surface area contributed by atoms with Gasteiger partial charge >= 0.3 is 0 Å². The average molecular weight is 342 g/mol. The van der Waals surface area contributed by atoms with E-state index in [0.717, 1.165) is 12.0 Å². The molecule has 126 valence electrons. The SMILES string of the molecule is COc1cc(CCN)ccc1OCCOc1ccc(F)cc1.Cl. The Bertz CT molecular complexity index is 593. The van der Waals surface area contributed by atoms with Crippen molar-refractivity contribution in [2.45, 2.75) is 6.42 Å². The molecule has 4 nitrogen and oxygen atoms in total. The fraction of sp³-hybridized carbons (Fsp3) is 0.294. The van der Waals surface area contributed by atoms with E-state index in [9.17, 15) is 4.39 Å². The Hall–Kier alpha value is -1.98. The summed E-state index contributed by atoms with van der Waals surface area (Å²) in [6, 6.07) is 11.6. The Morgan fingerprint density at radius 3 is 2.30 bits per heavy atom. The Morgan fingerprint density at radius 1 is 0.957 bits per heavy atom. The maximum absolute atomic E-state index is 12.8. The van der Waals surface area contributed by atoms with Crippen LogP contribution in [0.15, 0.2) is 42.5 Å². The first kappa shape index (κ1) is 19.1.